The Morgan fingerprint density at radius 3 is 2.72 bits per heavy atom. The third-order valence-corrected chi connectivity index (χ3v) is 2.27. The minimum atomic E-state index is -1.22. The molecule has 2 aromatic heterocycles. The molecule has 92 valence electrons. The Bertz CT molecular complexity index is 565. The number of carbonyl (C=O) groups is 2. The van der Waals surface area contributed by atoms with E-state index in [0.717, 1.165) is 5.56 Å². The van der Waals surface area contributed by atoms with Gasteiger partial charge in [-0.05, 0) is 17.7 Å². The van der Waals surface area contributed by atoms with Crippen LogP contribution in [0.2, 0.25) is 0 Å². The van der Waals surface area contributed by atoms with Gasteiger partial charge in [0.2, 0.25) is 0 Å². The number of carboxylic acids is 1. The number of imidazole rings is 1. The number of rotatable bonds is 4. The van der Waals surface area contributed by atoms with Crippen molar-refractivity contribution in [3.8, 4) is 0 Å². The Labute approximate surface area is 102 Å². The number of aromatic carboxylic acids is 1. The first-order valence-corrected chi connectivity index (χ1v) is 5.12. The van der Waals surface area contributed by atoms with Crippen molar-refractivity contribution in [2.75, 3.05) is 0 Å². The molecule has 0 aliphatic carbocycles. The number of carbonyl (C=O) groups excluding carboxylic acids is 1. The molecule has 7 nitrogen and oxygen atoms in total. The van der Waals surface area contributed by atoms with Crippen LogP contribution < -0.4 is 5.32 Å². The molecule has 2 rings (SSSR count). The molecule has 0 unspecified atom stereocenters. The number of hydrogen-bond donors (Lipinski definition) is 3. The van der Waals surface area contributed by atoms with Crippen LogP contribution in [0.15, 0.2) is 30.9 Å². The van der Waals surface area contributed by atoms with E-state index in [1.165, 1.54) is 6.33 Å². The quantitative estimate of drug-likeness (QED) is 0.725. The first-order chi connectivity index (χ1) is 8.68. The molecule has 0 aromatic carbocycles. The molecule has 1 amide bonds. The van der Waals surface area contributed by atoms with Crippen LogP contribution in [0.4, 0.5) is 0 Å². The van der Waals surface area contributed by atoms with E-state index in [-0.39, 0.29) is 17.9 Å². The summed E-state index contributed by atoms with van der Waals surface area (Å²) in [5.74, 6) is -1.76. The molecule has 0 saturated carbocycles. The minimum Gasteiger partial charge on any atom is -0.477 e. The van der Waals surface area contributed by atoms with Crippen LogP contribution in [0.3, 0.4) is 0 Å². The lowest BCUT2D eigenvalue weighted by Crippen LogP contribution is -2.25. The van der Waals surface area contributed by atoms with Gasteiger partial charge >= 0.3 is 5.97 Å². The lowest BCUT2D eigenvalue weighted by molar-refractivity contribution is 0.0685. The number of hydrogen-bond acceptors (Lipinski definition) is 4. The summed E-state index contributed by atoms with van der Waals surface area (Å²) in [7, 11) is 0. The molecular formula is C11H10N4O3. The third kappa shape index (κ3) is 2.51. The van der Waals surface area contributed by atoms with E-state index < -0.39 is 11.9 Å². The predicted molar refractivity (Wildman–Crippen MR) is 61.0 cm³/mol. The summed E-state index contributed by atoms with van der Waals surface area (Å²) in [6, 6.07) is 3.51. The standard InChI is InChI=1S/C11H10N4O3/c16-10(8-9(11(17)18)15-6-14-8)13-5-7-1-3-12-4-2-7/h1-4,6H,5H2,(H,13,16)(H,14,15)(H,17,18). The maximum atomic E-state index is 11.7. The first kappa shape index (κ1) is 11.8. The van der Waals surface area contributed by atoms with Gasteiger partial charge in [-0.3, -0.25) is 9.78 Å². The van der Waals surface area contributed by atoms with E-state index in [2.05, 4.69) is 20.3 Å². The number of amides is 1. The van der Waals surface area contributed by atoms with E-state index in [1.54, 1.807) is 24.5 Å². The normalized spacial score (nSPS) is 10.0. The van der Waals surface area contributed by atoms with Gasteiger partial charge in [-0.2, -0.15) is 0 Å². The van der Waals surface area contributed by atoms with Gasteiger partial charge < -0.3 is 15.4 Å². The van der Waals surface area contributed by atoms with Crippen LogP contribution in [0.5, 0.6) is 0 Å². The van der Waals surface area contributed by atoms with Gasteiger partial charge in [-0.25, -0.2) is 9.78 Å². The number of pyridine rings is 1. The summed E-state index contributed by atoms with van der Waals surface area (Å²) in [5, 5.41) is 11.4. The Morgan fingerprint density at radius 1 is 1.33 bits per heavy atom. The average Bonchev–Trinajstić information content (AvgIpc) is 2.86. The lowest BCUT2D eigenvalue weighted by Gasteiger charge is -2.03. The molecule has 3 N–H and O–H groups in total. The average molecular weight is 246 g/mol. The molecule has 0 fully saturated rings. The van der Waals surface area contributed by atoms with E-state index in [9.17, 15) is 9.59 Å². The van der Waals surface area contributed by atoms with E-state index in [4.69, 9.17) is 5.11 Å². The molecule has 2 aromatic rings. The van der Waals surface area contributed by atoms with Crippen molar-refractivity contribution in [1.29, 1.82) is 0 Å². The summed E-state index contributed by atoms with van der Waals surface area (Å²) in [6.07, 6.45) is 4.39. The van der Waals surface area contributed by atoms with Crippen LogP contribution in [-0.4, -0.2) is 31.9 Å². The Hall–Kier alpha value is -2.70. The van der Waals surface area contributed by atoms with Crippen molar-refractivity contribution < 1.29 is 14.7 Å². The maximum Gasteiger partial charge on any atom is 0.354 e. The van der Waals surface area contributed by atoms with Crippen LogP contribution in [0, 0.1) is 0 Å². The molecular weight excluding hydrogens is 236 g/mol. The smallest absolute Gasteiger partial charge is 0.354 e. The summed E-state index contributed by atoms with van der Waals surface area (Å²) >= 11 is 0. The molecule has 0 bridgehead atoms. The van der Waals surface area contributed by atoms with Gasteiger partial charge in [-0.1, -0.05) is 0 Å². The SMILES string of the molecule is O=C(NCc1ccncc1)c1nc[nH]c1C(=O)O. The number of nitrogens with one attached hydrogen (secondary N) is 2. The molecule has 0 aliphatic rings. The fraction of sp³-hybridized carbons (Fsp3) is 0.0909. The first-order valence-electron chi connectivity index (χ1n) is 5.12. The number of aromatic amines is 1. The summed E-state index contributed by atoms with van der Waals surface area (Å²) in [4.78, 5) is 32.5. The highest BCUT2D eigenvalue weighted by atomic mass is 16.4. The summed E-state index contributed by atoms with van der Waals surface area (Å²) < 4.78 is 0. The fourth-order valence-corrected chi connectivity index (χ4v) is 1.40. The van der Waals surface area contributed by atoms with Crippen LogP contribution in [0.25, 0.3) is 0 Å². The molecule has 2 heterocycles. The lowest BCUT2D eigenvalue weighted by atomic mass is 10.2. The molecule has 0 spiro atoms. The molecule has 7 heteroatoms. The van der Waals surface area contributed by atoms with Crippen molar-refractivity contribution in [2.45, 2.75) is 6.54 Å². The van der Waals surface area contributed by atoms with Crippen molar-refractivity contribution in [2.24, 2.45) is 0 Å². The molecule has 0 aliphatic heterocycles. The highest BCUT2D eigenvalue weighted by Crippen LogP contribution is 2.03. The Kier molecular flexibility index (Phi) is 3.33. The molecule has 0 saturated heterocycles. The highest BCUT2D eigenvalue weighted by Gasteiger charge is 2.19. The minimum absolute atomic E-state index is 0.128. The molecule has 18 heavy (non-hydrogen) atoms. The zero-order valence-corrected chi connectivity index (χ0v) is 9.25. The third-order valence-electron chi connectivity index (χ3n) is 2.27. The second-order valence-corrected chi connectivity index (χ2v) is 3.47. The van der Waals surface area contributed by atoms with Gasteiger partial charge in [-0.15, -0.1) is 0 Å². The van der Waals surface area contributed by atoms with Crippen molar-refractivity contribution in [3.63, 3.8) is 0 Å². The molecule has 0 radical (unpaired) electrons. The highest BCUT2D eigenvalue weighted by molar-refractivity contribution is 6.02. The topological polar surface area (TPSA) is 108 Å². The van der Waals surface area contributed by atoms with Gasteiger partial charge in [0.15, 0.2) is 11.4 Å². The Balaban J connectivity index is 2.04. The van der Waals surface area contributed by atoms with Crippen molar-refractivity contribution in [1.82, 2.24) is 20.3 Å². The van der Waals surface area contributed by atoms with E-state index >= 15 is 0 Å². The van der Waals surface area contributed by atoms with Gasteiger partial charge in [0.25, 0.3) is 5.91 Å². The number of aromatic nitrogens is 3. The van der Waals surface area contributed by atoms with E-state index in [1.807, 2.05) is 0 Å². The van der Waals surface area contributed by atoms with Crippen molar-refractivity contribution >= 4 is 11.9 Å². The van der Waals surface area contributed by atoms with Crippen LogP contribution in [-0.2, 0) is 6.54 Å². The second-order valence-electron chi connectivity index (χ2n) is 3.47. The number of H-pyrrole nitrogens is 1. The van der Waals surface area contributed by atoms with E-state index in [0.29, 0.717) is 0 Å². The summed E-state index contributed by atoms with van der Waals surface area (Å²) in [5.41, 5.74) is 0.518. The van der Waals surface area contributed by atoms with Gasteiger partial charge in [0.1, 0.15) is 0 Å². The monoisotopic (exact) mass is 246 g/mol. The number of carboxylic acid groups (broad SMARTS) is 1. The van der Waals surface area contributed by atoms with Gasteiger partial charge in [0, 0.05) is 18.9 Å². The van der Waals surface area contributed by atoms with Crippen LogP contribution >= 0.6 is 0 Å². The zero-order valence-electron chi connectivity index (χ0n) is 9.25. The largest absolute Gasteiger partial charge is 0.477 e. The summed E-state index contributed by atoms with van der Waals surface area (Å²) in [6.45, 7) is 0.285. The van der Waals surface area contributed by atoms with Gasteiger partial charge in [0.05, 0.1) is 6.33 Å². The Morgan fingerprint density at radius 2 is 2.06 bits per heavy atom. The van der Waals surface area contributed by atoms with Crippen LogP contribution in [0.1, 0.15) is 26.5 Å². The number of nitrogens with zero attached hydrogens (tertiary/aromatic N) is 2. The maximum absolute atomic E-state index is 11.7. The predicted octanol–water partition coefficient (Wildman–Crippen LogP) is 0.433. The second kappa shape index (κ2) is 5.09. The fourth-order valence-electron chi connectivity index (χ4n) is 1.40. The molecule has 0 atom stereocenters. The van der Waals surface area contributed by atoms with Crippen molar-refractivity contribution in [3.05, 3.63) is 47.8 Å². The zero-order chi connectivity index (χ0) is 13.0.